The molecule has 0 spiro atoms. The molecule has 0 unspecified atom stereocenters. The first-order valence-corrected chi connectivity index (χ1v) is 8.60. The molecule has 1 aromatic heterocycles. The second kappa shape index (κ2) is 5.80. The Balaban J connectivity index is 2.26. The summed E-state index contributed by atoms with van der Waals surface area (Å²) >= 11 is 1.48. The molecule has 0 bridgehead atoms. The molecule has 1 N–H and O–H groups in total. The number of rotatable bonds is 4. The van der Waals surface area contributed by atoms with Crippen LogP contribution in [0.25, 0.3) is 0 Å². The van der Waals surface area contributed by atoms with Gasteiger partial charge in [-0.25, -0.2) is 18.4 Å². The van der Waals surface area contributed by atoms with Crippen molar-refractivity contribution in [3.05, 3.63) is 36.0 Å². The Hall–Kier alpha value is -1.60. The normalized spacial score (nSPS) is 11.3. The van der Waals surface area contributed by atoms with Gasteiger partial charge in [0.1, 0.15) is 5.03 Å². The van der Waals surface area contributed by atoms with Crippen LogP contribution in [-0.2, 0) is 9.84 Å². The molecule has 0 aliphatic heterocycles. The second-order valence-electron chi connectivity index (χ2n) is 4.28. The fraction of sp³-hybridized carbons (Fsp3) is 0.231. The lowest BCUT2D eigenvalue weighted by atomic mass is 10.4. The van der Waals surface area contributed by atoms with Crippen LogP contribution < -0.4 is 5.32 Å². The summed E-state index contributed by atoms with van der Waals surface area (Å²) in [6.07, 6.45) is 2.95. The van der Waals surface area contributed by atoms with E-state index in [1.54, 1.807) is 37.5 Å². The predicted molar refractivity (Wildman–Crippen MR) is 80.0 cm³/mol. The van der Waals surface area contributed by atoms with Gasteiger partial charge in [-0.05, 0) is 31.2 Å². The Morgan fingerprint density at radius 2 is 1.85 bits per heavy atom. The first-order valence-electron chi connectivity index (χ1n) is 5.89. The van der Waals surface area contributed by atoms with E-state index in [0.717, 1.165) is 15.5 Å². The van der Waals surface area contributed by atoms with E-state index in [9.17, 15) is 8.42 Å². The van der Waals surface area contributed by atoms with Crippen molar-refractivity contribution in [1.29, 1.82) is 0 Å². The first-order chi connectivity index (χ1) is 9.40. The van der Waals surface area contributed by atoms with Crippen LogP contribution in [0, 0.1) is 6.92 Å². The van der Waals surface area contributed by atoms with Crippen molar-refractivity contribution < 1.29 is 8.42 Å². The fourth-order valence-electron chi connectivity index (χ4n) is 1.52. The summed E-state index contributed by atoms with van der Waals surface area (Å²) in [6, 6.07) is 6.77. The van der Waals surface area contributed by atoms with Gasteiger partial charge in [0.2, 0.25) is 5.95 Å². The molecule has 0 radical (unpaired) electrons. The van der Waals surface area contributed by atoms with Gasteiger partial charge < -0.3 is 5.32 Å². The van der Waals surface area contributed by atoms with E-state index >= 15 is 0 Å². The summed E-state index contributed by atoms with van der Waals surface area (Å²) in [5, 5.41) is 3.74. The second-order valence-corrected chi connectivity index (χ2v) is 7.36. The van der Waals surface area contributed by atoms with E-state index in [-0.39, 0.29) is 0 Å². The lowest BCUT2D eigenvalue weighted by Crippen LogP contribution is -1.98. The topological polar surface area (TPSA) is 72.0 Å². The highest BCUT2D eigenvalue weighted by atomic mass is 32.2. The van der Waals surface area contributed by atoms with Crippen LogP contribution in [0.2, 0.25) is 0 Å². The maximum absolute atomic E-state index is 11.4. The molecule has 1 aromatic carbocycles. The van der Waals surface area contributed by atoms with Crippen LogP contribution in [0.3, 0.4) is 0 Å². The first kappa shape index (κ1) is 14.8. The predicted octanol–water partition coefficient (Wildman–Crippen LogP) is 2.38. The monoisotopic (exact) mass is 309 g/mol. The third-order valence-electron chi connectivity index (χ3n) is 2.62. The van der Waals surface area contributed by atoms with Gasteiger partial charge in [-0.2, -0.15) is 0 Å². The number of aromatic nitrogens is 2. The maximum atomic E-state index is 11.4. The largest absolute Gasteiger partial charge is 0.357 e. The summed E-state index contributed by atoms with van der Waals surface area (Å²) in [5.74, 6) is 0.561. The zero-order valence-corrected chi connectivity index (χ0v) is 13.0. The van der Waals surface area contributed by atoms with Crippen LogP contribution in [-0.4, -0.2) is 31.7 Å². The summed E-state index contributed by atoms with van der Waals surface area (Å²) in [5.41, 5.74) is 0.973. The Morgan fingerprint density at radius 1 is 1.20 bits per heavy atom. The molecule has 7 heteroatoms. The minimum absolute atomic E-state index is 0.317. The average Bonchev–Trinajstić information content (AvgIpc) is 2.41. The van der Waals surface area contributed by atoms with Crippen LogP contribution in [0.4, 0.5) is 5.95 Å². The summed E-state index contributed by atoms with van der Waals surface area (Å²) < 4.78 is 22.8. The van der Waals surface area contributed by atoms with Crippen molar-refractivity contribution in [2.45, 2.75) is 21.7 Å². The SMILES string of the molecule is CNc1ncc(C)c(Sc2ccc(S(C)(=O)=O)cc2)n1. The highest BCUT2D eigenvalue weighted by Crippen LogP contribution is 2.29. The van der Waals surface area contributed by atoms with Gasteiger partial charge in [0.05, 0.1) is 4.90 Å². The standard InChI is InChI=1S/C13H15N3O2S2/c1-9-8-15-13(14-2)16-12(9)19-10-4-6-11(7-5-10)20(3,17)18/h4-8H,1-3H3,(H,14,15,16). The van der Waals surface area contributed by atoms with Crippen LogP contribution in [0.1, 0.15) is 5.56 Å². The summed E-state index contributed by atoms with van der Waals surface area (Å²) in [6.45, 7) is 1.94. The van der Waals surface area contributed by atoms with E-state index in [2.05, 4.69) is 15.3 Å². The molecule has 106 valence electrons. The molecule has 0 fully saturated rings. The van der Waals surface area contributed by atoms with Crippen LogP contribution in [0.5, 0.6) is 0 Å². The number of nitrogens with zero attached hydrogens (tertiary/aromatic N) is 2. The van der Waals surface area contributed by atoms with Crippen molar-refractivity contribution in [3.63, 3.8) is 0 Å². The Labute approximate surface area is 122 Å². The fourth-order valence-corrected chi connectivity index (χ4v) is 2.99. The minimum Gasteiger partial charge on any atom is -0.357 e. The van der Waals surface area contributed by atoms with Gasteiger partial charge in [-0.15, -0.1) is 0 Å². The number of sulfone groups is 1. The quantitative estimate of drug-likeness (QED) is 0.874. The van der Waals surface area contributed by atoms with Crippen LogP contribution in [0.15, 0.2) is 45.3 Å². The van der Waals surface area contributed by atoms with E-state index in [1.807, 2.05) is 6.92 Å². The third kappa shape index (κ3) is 3.49. The Kier molecular flexibility index (Phi) is 4.29. The summed E-state index contributed by atoms with van der Waals surface area (Å²) in [7, 11) is -1.39. The van der Waals surface area contributed by atoms with Crippen molar-refractivity contribution in [2.24, 2.45) is 0 Å². The highest BCUT2D eigenvalue weighted by molar-refractivity contribution is 7.99. The molecule has 0 amide bonds. The molecule has 5 nitrogen and oxygen atoms in total. The number of hydrogen-bond acceptors (Lipinski definition) is 6. The molecule has 0 saturated heterocycles. The van der Waals surface area contributed by atoms with Crippen molar-refractivity contribution >= 4 is 27.5 Å². The highest BCUT2D eigenvalue weighted by Gasteiger charge is 2.08. The lowest BCUT2D eigenvalue weighted by Gasteiger charge is -2.07. The minimum atomic E-state index is -3.16. The molecule has 0 atom stereocenters. The molecule has 1 heterocycles. The smallest absolute Gasteiger partial charge is 0.223 e. The molecule has 2 aromatic rings. The molecule has 2 rings (SSSR count). The van der Waals surface area contributed by atoms with E-state index < -0.39 is 9.84 Å². The summed E-state index contributed by atoms with van der Waals surface area (Å²) in [4.78, 5) is 9.76. The zero-order valence-electron chi connectivity index (χ0n) is 11.4. The van der Waals surface area contributed by atoms with E-state index in [0.29, 0.717) is 10.8 Å². The van der Waals surface area contributed by atoms with Crippen LogP contribution >= 0.6 is 11.8 Å². The molecule has 20 heavy (non-hydrogen) atoms. The number of nitrogens with one attached hydrogen (secondary N) is 1. The van der Waals surface area contributed by atoms with Gasteiger partial charge in [-0.1, -0.05) is 11.8 Å². The third-order valence-corrected chi connectivity index (χ3v) is 4.86. The molecular weight excluding hydrogens is 294 g/mol. The van der Waals surface area contributed by atoms with Gasteiger partial charge in [0.25, 0.3) is 0 Å². The van der Waals surface area contributed by atoms with Gasteiger partial charge in [0, 0.05) is 30.0 Å². The number of aryl methyl sites for hydroxylation is 1. The maximum Gasteiger partial charge on any atom is 0.223 e. The lowest BCUT2D eigenvalue weighted by molar-refractivity contribution is 0.602. The molecule has 0 saturated carbocycles. The Morgan fingerprint density at radius 3 is 2.40 bits per heavy atom. The van der Waals surface area contributed by atoms with Gasteiger partial charge >= 0.3 is 0 Å². The number of benzene rings is 1. The molecular formula is C13H15N3O2S2. The molecule has 0 aliphatic carbocycles. The van der Waals surface area contributed by atoms with Crippen molar-refractivity contribution in [3.8, 4) is 0 Å². The van der Waals surface area contributed by atoms with Crippen molar-refractivity contribution in [1.82, 2.24) is 9.97 Å². The van der Waals surface area contributed by atoms with E-state index in [4.69, 9.17) is 0 Å². The van der Waals surface area contributed by atoms with Crippen molar-refractivity contribution in [2.75, 3.05) is 18.6 Å². The van der Waals surface area contributed by atoms with Gasteiger partial charge in [-0.3, -0.25) is 0 Å². The molecule has 0 aliphatic rings. The number of hydrogen-bond donors (Lipinski definition) is 1. The number of anilines is 1. The zero-order chi connectivity index (χ0) is 14.8. The average molecular weight is 309 g/mol. The van der Waals surface area contributed by atoms with E-state index in [1.165, 1.54) is 18.0 Å². The Bertz CT molecular complexity index is 713. The van der Waals surface area contributed by atoms with Gasteiger partial charge in [0.15, 0.2) is 9.84 Å².